The maximum atomic E-state index is 13.0. The van der Waals surface area contributed by atoms with Gasteiger partial charge in [0.25, 0.3) is 11.8 Å². The second kappa shape index (κ2) is 10.3. The van der Waals surface area contributed by atoms with Crippen LogP contribution in [0.4, 0.5) is 0 Å². The van der Waals surface area contributed by atoms with Gasteiger partial charge in [-0.2, -0.15) is 0 Å². The predicted molar refractivity (Wildman–Crippen MR) is 105 cm³/mol. The van der Waals surface area contributed by atoms with Crippen molar-refractivity contribution in [1.29, 1.82) is 0 Å². The number of nitrogens with one attached hydrogen (secondary N) is 1. The molecule has 0 spiro atoms. The summed E-state index contributed by atoms with van der Waals surface area (Å²) in [5.41, 5.74) is 1.26. The standard InChI is InChI=1S/C21H24N2O8/c24-16-7-6-15(19(27)22-16)23-20(28)14-5-1-3-13(18(14)21(23)29)4-2-9-30-11-12-31-10-8-17(25)26/h1,3,5,15H,2,4,6-12H2,(H,25,26)(H,22,24,27). The number of carbonyl (C=O) groups excluding carboxylic acids is 4. The lowest BCUT2D eigenvalue weighted by atomic mass is 9.99. The molecule has 1 aromatic rings. The van der Waals surface area contributed by atoms with Gasteiger partial charge in [-0.05, 0) is 30.9 Å². The van der Waals surface area contributed by atoms with Crippen LogP contribution in [0, 0.1) is 0 Å². The number of piperidine rings is 1. The van der Waals surface area contributed by atoms with Crippen molar-refractivity contribution in [3.05, 3.63) is 34.9 Å². The van der Waals surface area contributed by atoms with Gasteiger partial charge in [0.15, 0.2) is 0 Å². The minimum atomic E-state index is -0.984. The number of carboxylic acids is 1. The number of hydrogen-bond acceptors (Lipinski definition) is 7. The summed E-state index contributed by atoms with van der Waals surface area (Å²) >= 11 is 0. The lowest BCUT2D eigenvalue weighted by Gasteiger charge is -2.27. The van der Waals surface area contributed by atoms with Gasteiger partial charge in [0, 0.05) is 13.0 Å². The first kappa shape index (κ1) is 22.6. The van der Waals surface area contributed by atoms with Crippen LogP contribution >= 0.6 is 0 Å². The fourth-order valence-electron chi connectivity index (χ4n) is 3.64. The molecular weight excluding hydrogens is 408 g/mol. The topological polar surface area (TPSA) is 139 Å². The van der Waals surface area contributed by atoms with Gasteiger partial charge in [0.05, 0.1) is 37.4 Å². The number of ether oxygens (including phenoxy) is 2. The molecule has 0 saturated carbocycles. The van der Waals surface area contributed by atoms with Gasteiger partial charge >= 0.3 is 5.97 Å². The van der Waals surface area contributed by atoms with Gasteiger partial charge in [-0.3, -0.25) is 34.2 Å². The quantitative estimate of drug-likeness (QED) is 0.381. The maximum Gasteiger partial charge on any atom is 0.305 e. The van der Waals surface area contributed by atoms with Crippen LogP contribution in [0.2, 0.25) is 0 Å². The van der Waals surface area contributed by atoms with Crippen molar-refractivity contribution in [3.63, 3.8) is 0 Å². The van der Waals surface area contributed by atoms with Gasteiger partial charge in [-0.15, -0.1) is 0 Å². The zero-order chi connectivity index (χ0) is 22.4. The van der Waals surface area contributed by atoms with Crippen molar-refractivity contribution in [3.8, 4) is 0 Å². The Kier molecular flexibility index (Phi) is 7.48. The smallest absolute Gasteiger partial charge is 0.305 e. The number of rotatable bonds is 11. The highest BCUT2D eigenvalue weighted by Crippen LogP contribution is 2.30. The Morgan fingerprint density at radius 3 is 2.52 bits per heavy atom. The fraction of sp³-hybridized carbons (Fsp3) is 0.476. The van der Waals surface area contributed by atoms with Crippen LogP contribution in [-0.2, 0) is 30.3 Å². The van der Waals surface area contributed by atoms with Crippen molar-refractivity contribution in [2.45, 2.75) is 38.1 Å². The average Bonchev–Trinajstić information content (AvgIpc) is 2.98. The second-order valence-corrected chi connectivity index (χ2v) is 7.26. The van der Waals surface area contributed by atoms with E-state index in [1.165, 1.54) is 0 Å². The summed E-state index contributed by atoms with van der Waals surface area (Å²) in [5.74, 6) is -3.00. The lowest BCUT2D eigenvalue weighted by Crippen LogP contribution is -2.54. The number of benzene rings is 1. The molecule has 166 valence electrons. The van der Waals surface area contributed by atoms with Crippen LogP contribution in [0.5, 0.6) is 0 Å². The zero-order valence-corrected chi connectivity index (χ0v) is 16.9. The Balaban J connectivity index is 1.53. The van der Waals surface area contributed by atoms with E-state index in [9.17, 15) is 24.0 Å². The summed E-state index contributed by atoms with van der Waals surface area (Å²) in [6.45, 7) is 1.16. The van der Waals surface area contributed by atoms with Crippen molar-refractivity contribution < 1.29 is 38.6 Å². The maximum absolute atomic E-state index is 13.0. The van der Waals surface area contributed by atoms with Gasteiger partial charge < -0.3 is 14.6 Å². The number of amides is 4. The predicted octanol–water partition coefficient (Wildman–Crippen LogP) is 0.528. The Morgan fingerprint density at radius 2 is 1.81 bits per heavy atom. The first-order valence-electron chi connectivity index (χ1n) is 10.1. The molecular formula is C21H24N2O8. The SMILES string of the molecule is O=C(O)CCOCCOCCCc1cccc2c1C(=O)N(C1CCC(=O)NC1=O)C2=O. The minimum Gasteiger partial charge on any atom is -0.481 e. The van der Waals surface area contributed by atoms with E-state index < -0.39 is 35.6 Å². The summed E-state index contributed by atoms with van der Waals surface area (Å²) < 4.78 is 10.6. The Bertz CT molecular complexity index is 897. The first-order chi connectivity index (χ1) is 14.9. The molecule has 10 heteroatoms. The average molecular weight is 432 g/mol. The fourth-order valence-corrected chi connectivity index (χ4v) is 3.64. The molecule has 2 aliphatic rings. The Labute approximate surface area is 178 Å². The van der Waals surface area contributed by atoms with Crippen molar-refractivity contribution in [2.75, 3.05) is 26.4 Å². The first-order valence-corrected chi connectivity index (χ1v) is 10.1. The van der Waals surface area contributed by atoms with E-state index in [-0.39, 0.29) is 31.4 Å². The number of aliphatic carboxylic acids is 1. The molecule has 1 aromatic carbocycles. The lowest BCUT2D eigenvalue weighted by molar-refractivity contribution is -0.138. The highest BCUT2D eigenvalue weighted by molar-refractivity contribution is 6.24. The summed E-state index contributed by atoms with van der Waals surface area (Å²) in [4.78, 5) is 60.7. The molecule has 1 fully saturated rings. The molecule has 2 N–H and O–H groups in total. The van der Waals surface area contributed by atoms with E-state index in [2.05, 4.69) is 5.32 Å². The number of nitrogens with zero attached hydrogens (tertiary/aromatic N) is 1. The molecule has 0 aliphatic carbocycles. The number of imide groups is 2. The summed E-state index contributed by atoms with van der Waals surface area (Å²) in [7, 11) is 0. The van der Waals surface area contributed by atoms with Crippen LogP contribution in [0.15, 0.2) is 18.2 Å². The molecule has 2 aliphatic heterocycles. The second-order valence-electron chi connectivity index (χ2n) is 7.26. The van der Waals surface area contributed by atoms with Gasteiger partial charge in [-0.1, -0.05) is 12.1 Å². The summed E-state index contributed by atoms with van der Waals surface area (Å²) in [6, 6.07) is 4.05. The molecule has 0 aromatic heterocycles. The highest BCUT2D eigenvalue weighted by atomic mass is 16.5. The molecule has 2 heterocycles. The third-order valence-electron chi connectivity index (χ3n) is 5.12. The molecule has 3 rings (SSSR count). The molecule has 4 amide bonds. The van der Waals surface area contributed by atoms with Crippen LogP contribution in [0.3, 0.4) is 0 Å². The number of fused-ring (bicyclic) bond motifs is 1. The molecule has 1 atom stereocenters. The van der Waals surface area contributed by atoms with Gasteiger partial charge in [-0.25, -0.2) is 0 Å². The normalized spacial score (nSPS) is 18.3. The molecule has 1 unspecified atom stereocenters. The number of carbonyl (C=O) groups is 5. The highest BCUT2D eigenvalue weighted by Gasteiger charge is 2.45. The molecule has 1 saturated heterocycles. The van der Waals surface area contributed by atoms with Crippen molar-refractivity contribution in [1.82, 2.24) is 10.2 Å². The Morgan fingerprint density at radius 1 is 1.06 bits per heavy atom. The number of aryl methyl sites for hydroxylation is 1. The van der Waals surface area contributed by atoms with Gasteiger partial charge in [0.1, 0.15) is 6.04 Å². The van der Waals surface area contributed by atoms with E-state index in [0.717, 1.165) is 4.90 Å². The van der Waals surface area contributed by atoms with E-state index in [4.69, 9.17) is 14.6 Å². The summed E-state index contributed by atoms with van der Waals surface area (Å²) in [6.07, 6.45) is 1.25. The monoisotopic (exact) mass is 432 g/mol. The Hall–Kier alpha value is -3.11. The number of hydrogen-bond donors (Lipinski definition) is 2. The minimum absolute atomic E-state index is 0.0539. The third-order valence-corrected chi connectivity index (χ3v) is 5.12. The molecule has 31 heavy (non-hydrogen) atoms. The largest absolute Gasteiger partial charge is 0.481 e. The van der Waals surface area contributed by atoms with Crippen molar-refractivity contribution in [2.24, 2.45) is 0 Å². The van der Waals surface area contributed by atoms with E-state index in [0.29, 0.717) is 43.8 Å². The molecule has 0 radical (unpaired) electrons. The van der Waals surface area contributed by atoms with Crippen LogP contribution in [0.25, 0.3) is 0 Å². The zero-order valence-electron chi connectivity index (χ0n) is 16.9. The van der Waals surface area contributed by atoms with Crippen molar-refractivity contribution >= 4 is 29.6 Å². The molecule has 10 nitrogen and oxygen atoms in total. The van der Waals surface area contributed by atoms with Crippen LogP contribution in [-0.4, -0.2) is 72.1 Å². The van der Waals surface area contributed by atoms with E-state index >= 15 is 0 Å². The summed E-state index contributed by atoms with van der Waals surface area (Å²) in [5, 5.41) is 10.7. The van der Waals surface area contributed by atoms with Gasteiger partial charge in [0.2, 0.25) is 11.8 Å². The number of carboxylic acid groups (broad SMARTS) is 1. The van der Waals surface area contributed by atoms with E-state index in [1.54, 1.807) is 18.2 Å². The third kappa shape index (κ3) is 5.33. The van der Waals surface area contributed by atoms with Crippen LogP contribution < -0.4 is 5.32 Å². The van der Waals surface area contributed by atoms with E-state index in [1.807, 2.05) is 0 Å². The molecule has 0 bridgehead atoms. The van der Waals surface area contributed by atoms with Crippen LogP contribution in [0.1, 0.15) is 52.0 Å².